The maximum atomic E-state index is 13.2. The third-order valence-corrected chi connectivity index (χ3v) is 5.30. The average molecular weight is 454 g/mol. The van der Waals surface area contributed by atoms with Gasteiger partial charge in [0.2, 0.25) is 0 Å². The molecule has 1 atom stereocenters. The Morgan fingerprint density at radius 1 is 1.13 bits per heavy atom. The lowest BCUT2D eigenvalue weighted by Gasteiger charge is -2.25. The second-order valence-corrected chi connectivity index (χ2v) is 7.51. The largest absolute Gasteiger partial charge is 0.453 e. The number of allylic oxidation sites excluding steroid dienone is 2. The zero-order chi connectivity index (χ0) is 22.4. The molecule has 0 fully saturated rings. The van der Waals surface area contributed by atoms with E-state index in [1.165, 1.54) is 7.11 Å². The molecule has 1 aliphatic carbocycles. The first-order valence-electron chi connectivity index (χ1n) is 9.39. The minimum atomic E-state index is -0.712. The molecule has 0 spiro atoms. The minimum Gasteiger partial charge on any atom is -0.453 e. The maximum absolute atomic E-state index is 13.2. The van der Waals surface area contributed by atoms with Gasteiger partial charge in [-0.05, 0) is 29.4 Å². The van der Waals surface area contributed by atoms with E-state index in [0.29, 0.717) is 28.2 Å². The lowest BCUT2D eigenvalue weighted by molar-refractivity contribution is 0.103. The number of amides is 1. The van der Waals surface area contributed by atoms with Crippen molar-refractivity contribution in [3.05, 3.63) is 94.0 Å². The number of nitrogens with one attached hydrogen (secondary N) is 3. The Hall–Kier alpha value is -3.29. The number of alkyl carbamates (subject to hydrolysis) is 1. The Balaban J connectivity index is 1.94. The molecular weight excluding hydrogens is 434 g/mol. The number of thiocarbonyl (C=S) groups is 1. The van der Waals surface area contributed by atoms with E-state index in [0.717, 1.165) is 5.56 Å². The van der Waals surface area contributed by atoms with Gasteiger partial charge in [0.05, 0.1) is 18.9 Å². The van der Waals surface area contributed by atoms with Crippen LogP contribution in [0.2, 0.25) is 5.02 Å². The summed E-state index contributed by atoms with van der Waals surface area (Å²) in [5.74, 6) is -0.183. The van der Waals surface area contributed by atoms with Crippen LogP contribution < -0.4 is 10.6 Å². The van der Waals surface area contributed by atoms with Crippen molar-refractivity contribution in [2.75, 3.05) is 7.11 Å². The molecule has 0 heterocycles. The van der Waals surface area contributed by atoms with Crippen LogP contribution in [0.4, 0.5) is 4.79 Å². The highest BCUT2D eigenvalue weighted by Gasteiger charge is 2.27. The van der Waals surface area contributed by atoms with Crippen molar-refractivity contribution in [1.82, 2.24) is 10.6 Å². The van der Waals surface area contributed by atoms with Crippen LogP contribution >= 0.6 is 23.8 Å². The molecule has 1 aliphatic rings. The predicted octanol–water partition coefficient (Wildman–Crippen LogP) is 4.25. The highest BCUT2D eigenvalue weighted by molar-refractivity contribution is 7.80. The van der Waals surface area contributed by atoms with E-state index in [4.69, 9.17) is 29.2 Å². The van der Waals surface area contributed by atoms with Gasteiger partial charge in [-0.3, -0.25) is 10.1 Å². The van der Waals surface area contributed by atoms with Crippen LogP contribution in [0.3, 0.4) is 0 Å². The number of carbonyl (C=O) groups is 2. The van der Waals surface area contributed by atoms with Gasteiger partial charge in [-0.15, -0.1) is 0 Å². The summed E-state index contributed by atoms with van der Waals surface area (Å²) in [5, 5.41) is 14.6. The zero-order valence-electron chi connectivity index (χ0n) is 16.6. The number of hydrogen-bond acceptors (Lipinski definition) is 5. The van der Waals surface area contributed by atoms with Crippen molar-refractivity contribution in [3.8, 4) is 0 Å². The molecular formula is C23H20ClN3O3S. The number of rotatable bonds is 5. The summed E-state index contributed by atoms with van der Waals surface area (Å²) < 4.78 is 4.53. The number of benzene rings is 2. The van der Waals surface area contributed by atoms with E-state index in [1.54, 1.807) is 42.5 Å². The van der Waals surface area contributed by atoms with Gasteiger partial charge in [-0.2, -0.15) is 0 Å². The fourth-order valence-electron chi connectivity index (χ4n) is 3.14. The first kappa shape index (κ1) is 22.4. The Bertz CT molecular complexity index is 1100. The maximum Gasteiger partial charge on any atom is 0.413 e. The van der Waals surface area contributed by atoms with Crippen molar-refractivity contribution in [2.24, 2.45) is 0 Å². The normalized spacial score (nSPS) is 15.4. The van der Waals surface area contributed by atoms with Gasteiger partial charge in [0.1, 0.15) is 0 Å². The van der Waals surface area contributed by atoms with Crippen LogP contribution in [0, 0.1) is 5.41 Å². The lowest BCUT2D eigenvalue weighted by Crippen LogP contribution is -2.48. The molecule has 0 aliphatic heterocycles. The van der Waals surface area contributed by atoms with Crippen LogP contribution in [0.25, 0.3) is 0 Å². The van der Waals surface area contributed by atoms with Crippen LogP contribution in [-0.2, 0) is 11.2 Å². The van der Waals surface area contributed by atoms with Gasteiger partial charge in [0.15, 0.2) is 10.9 Å². The number of ketones is 1. The van der Waals surface area contributed by atoms with E-state index in [9.17, 15) is 9.59 Å². The van der Waals surface area contributed by atoms with Gasteiger partial charge in [-0.25, -0.2) is 4.79 Å². The van der Waals surface area contributed by atoms with Crippen LogP contribution in [-0.4, -0.2) is 35.9 Å². The molecule has 0 radical (unpaired) electrons. The minimum absolute atomic E-state index is 0.0150. The van der Waals surface area contributed by atoms with Crippen LogP contribution in [0.5, 0.6) is 0 Å². The smallest absolute Gasteiger partial charge is 0.413 e. The highest BCUT2D eigenvalue weighted by atomic mass is 35.5. The van der Waals surface area contributed by atoms with Crippen molar-refractivity contribution in [1.29, 1.82) is 5.41 Å². The summed E-state index contributed by atoms with van der Waals surface area (Å²) in [6, 6.07) is 15.6. The van der Waals surface area contributed by atoms with Gasteiger partial charge < -0.3 is 15.5 Å². The van der Waals surface area contributed by atoms with Gasteiger partial charge in [-0.1, -0.05) is 72.3 Å². The zero-order valence-corrected chi connectivity index (χ0v) is 18.2. The van der Waals surface area contributed by atoms with Gasteiger partial charge in [0, 0.05) is 22.6 Å². The summed E-state index contributed by atoms with van der Waals surface area (Å²) in [7, 11) is 1.23. The van der Waals surface area contributed by atoms with Gasteiger partial charge >= 0.3 is 6.09 Å². The number of Topliss-reactive ketones (excluding diaryl/α,β-unsaturated/α-hetero) is 1. The lowest BCUT2D eigenvalue weighted by atomic mass is 9.85. The number of ether oxygens (including phenoxy) is 1. The standard InChI is InChI=1S/C23H20ClN3O3S/c1-30-23(29)27-22(31)26-19-12-11-16(21(28)14-7-3-2-4-8-14)17(20(19)25)13-15-9-5-6-10-18(15)24/h2-12,19,25H,13H2,1H3,(H2,26,27,29,31). The van der Waals surface area contributed by atoms with E-state index in [-0.39, 0.29) is 16.6 Å². The molecule has 0 saturated carbocycles. The summed E-state index contributed by atoms with van der Waals surface area (Å²) in [6.07, 6.45) is 2.93. The fourth-order valence-corrected chi connectivity index (χ4v) is 3.56. The molecule has 1 amide bonds. The molecule has 0 bridgehead atoms. The third-order valence-electron chi connectivity index (χ3n) is 4.71. The van der Waals surface area contributed by atoms with E-state index >= 15 is 0 Å². The molecule has 0 saturated heterocycles. The topological polar surface area (TPSA) is 91.3 Å². The average Bonchev–Trinajstić information content (AvgIpc) is 2.78. The second kappa shape index (κ2) is 10.1. The molecule has 2 aromatic rings. The molecule has 31 heavy (non-hydrogen) atoms. The van der Waals surface area contributed by atoms with Crippen molar-refractivity contribution in [3.63, 3.8) is 0 Å². The molecule has 8 heteroatoms. The number of methoxy groups -OCH3 is 1. The first-order valence-corrected chi connectivity index (χ1v) is 10.2. The van der Waals surface area contributed by atoms with E-state index in [2.05, 4.69) is 15.4 Å². The Morgan fingerprint density at radius 2 is 1.81 bits per heavy atom. The summed E-state index contributed by atoms with van der Waals surface area (Å²) in [4.78, 5) is 24.6. The summed E-state index contributed by atoms with van der Waals surface area (Å²) in [5.41, 5.74) is 2.44. The third kappa shape index (κ3) is 5.45. The van der Waals surface area contributed by atoms with Crippen molar-refractivity contribution in [2.45, 2.75) is 12.5 Å². The molecule has 3 N–H and O–H groups in total. The number of hydrogen-bond donors (Lipinski definition) is 3. The Kier molecular flexibility index (Phi) is 7.33. The van der Waals surface area contributed by atoms with E-state index in [1.807, 2.05) is 24.3 Å². The molecule has 158 valence electrons. The molecule has 3 rings (SSSR count). The Labute approximate surface area is 190 Å². The predicted molar refractivity (Wildman–Crippen MR) is 125 cm³/mol. The monoisotopic (exact) mass is 453 g/mol. The molecule has 2 aromatic carbocycles. The number of halogens is 1. The molecule has 1 unspecified atom stereocenters. The quantitative estimate of drug-likeness (QED) is 0.465. The van der Waals surface area contributed by atoms with Crippen molar-refractivity contribution < 1.29 is 14.3 Å². The molecule has 6 nitrogen and oxygen atoms in total. The second-order valence-electron chi connectivity index (χ2n) is 6.70. The highest BCUT2D eigenvalue weighted by Crippen LogP contribution is 2.27. The number of carbonyl (C=O) groups excluding carboxylic acids is 2. The van der Waals surface area contributed by atoms with E-state index < -0.39 is 12.1 Å². The summed E-state index contributed by atoms with van der Waals surface area (Å²) in [6.45, 7) is 0. The summed E-state index contributed by atoms with van der Waals surface area (Å²) >= 11 is 11.5. The van der Waals surface area contributed by atoms with Crippen LogP contribution in [0.1, 0.15) is 15.9 Å². The molecule has 0 aromatic heterocycles. The SMILES string of the molecule is COC(=O)NC(=S)NC1C=CC(C(=O)c2ccccc2)=C(Cc2ccccc2Cl)C1=N. The van der Waals surface area contributed by atoms with Crippen LogP contribution in [0.15, 0.2) is 77.9 Å². The first-order chi connectivity index (χ1) is 14.9. The Morgan fingerprint density at radius 3 is 2.48 bits per heavy atom. The van der Waals surface area contributed by atoms with Crippen molar-refractivity contribution >= 4 is 46.5 Å². The van der Waals surface area contributed by atoms with Gasteiger partial charge in [0.25, 0.3) is 0 Å². The fraction of sp³-hybridized carbons (Fsp3) is 0.130.